The topological polar surface area (TPSA) is 55.4 Å². The van der Waals surface area contributed by atoms with Crippen molar-refractivity contribution in [2.75, 3.05) is 13.7 Å². The Balaban J connectivity index is 2.63. The van der Waals surface area contributed by atoms with Gasteiger partial charge in [0.05, 0.1) is 12.7 Å². The number of methoxy groups -OCH3 is 1. The van der Waals surface area contributed by atoms with Crippen molar-refractivity contribution in [3.8, 4) is 0 Å². The van der Waals surface area contributed by atoms with Crippen LogP contribution in [0.1, 0.15) is 10.4 Å². The molecule has 0 aromatic heterocycles. The molecule has 98 valence electrons. The van der Waals surface area contributed by atoms with Gasteiger partial charge in [-0.1, -0.05) is 34.2 Å². The van der Waals surface area contributed by atoms with E-state index in [4.69, 9.17) is 11.6 Å². The molecule has 1 atom stereocenters. The number of alkyl halides is 1. The summed E-state index contributed by atoms with van der Waals surface area (Å²) in [6.45, 7) is 0.0636. The highest BCUT2D eigenvalue weighted by molar-refractivity contribution is 14.1. The summed E-state index contributed by atoms with van der Waals surface area (Å²) < 4.78 is 17.4. The Hall–Kier alpha value is -0.890. The number of hydrogen-bond acceptors (Lipinski definition) is 3. The van der Waals surface area contributed by atoms with Gasteiger partial charge in [-0.3, -0.25) is 9.59 Å². The molecule has 0 fully saturated rings. The minimum Gasteiger partial charge on any atom is -0.468 e. The zero-order valence-electron chi connectivity index (χ0n) is 9.38. The highest BCUT2D eigenvalue weighted by Crippen LogP contribution is 2.14. The van der Waals surface area contributed by atoms with E-state index in [1.54, 1.807) is 0 Å². The van der Waals surface area contributed by atoms with Crippen molar-refractivity contribution in [3.63, 3.8) is 0 Å². The van der Waals surface area contributed by atoms with Crippen LogP contribution in [0.2, 0.25) is 5.02 Å². The summed E-state index contributed by atoms with van der Waals surface area (Å²) in [6, 6.07) is 3.76. The number of hydrogen-bond donors (Lipinski definition) is 1. The van der Waals surface area contributed by atoms with Gasteiger partial charge in [-0.05, 0) is 18.2 Å². The highest BCUT2D eigenvalue weighted by Gasteiger charge is 2.18. The molecule has 0 aliphatic carbocycles. The van der Waals surface area contributed by atoms with Crippen LogP contribution < -0.4 is 5.32 Å². The SMILES string of the molecule is COC(=O)C(I)CNC(=O)c1ccc(Cl)cc1F. The van der Waals surface area contributed by atoms with Crippen LogP contribution in [-0.4, -0.2) is 29.5 Å². The number of ether oxygens (including phenoxy) is 1. The van der Waals surface area contributed by atoms with E-state index in [1.165, 1.54) is 19.2 Å². The quantitative estimate of drug-likeness (QED) is 0.491. The van der Waals surface area contributed by atoms with Crippen LogP contribution in [0, 0.1) is 5.82 Å². The predicted molar refractivity (Wildman–Crippen MR) is 73.6 cm³/mol. The standard InChI is InChI=1S/C11H10ClFINO3/c1-18-11(17)9(14)5-15-10(16)7-3-2-6(12)4-8(7)13/h2-4,9H,5H2,1H3,(H,15,16). The molecule has 0 aliphatic heterocycles. The molecule has 0 bridgehead atoms. The maximum absolute atomic E-state index is 13.4. The van der Waals surface area contributed by atoms with Crippen molar-refractivity contribution in [2.24, 2.45) is 0 Å². The third-order valence-corrected chi connectivity index (χ3v) is 3.26. The van der Waals surface area contributed by atoms with E-state index in [1.807, 2.05) is 22.6 Å². The normalized spacial score (nSPS) is 11.8. The summed E-state index contributed by atoms with van der Waals surface area (Å²) in [6.07, 6.45) is 0. The number of nitrogens with one attached hydrogen (secondary N) is 1. The molecule has 1 amide bonds. The zero-order chi connectivity index (χ0) is 13.7. The summed E-state index contributed by atoms with van der Waals surface area (Å²) in [5, 5.41) is 2.66. The number of halogens is 3. The molecule has 1 aromatic rings. The fraction of sp³-hybridized carbons (Fsp3) is 0.273. The summed E-state index contributed by atoms with van der Waals surface area (Å²) in [5.41, 5.74) is -0.118. The van der Waals surface area contributed by atoms with E-state index in [0.717, 1.165) is 6.07 Å². The maximum Gasteiger partial charge on any atom is 0.320 e. The number of rotatable bonds is 4. The second-order valence-corrected chi connectivity index (χ2v) is 5.26. The van der Waals surface area contributed by atoms with Crippen molar-refractivity contribution >= 4 is 46.1 Å². The van der Waals surface area contributed by atoms with Crippen molar-refractivity contribution in [1.82, 2.24) is 5.32 Å². The summed E-state index contributed by atoms with van der Waals surface area (Å²) in [4.78, 5) is 22.7. The number of carbonyl (C=O) groups is 2. The monoisotopic (exact) mass is 385 g/mol. The van der Waals surface area contributed by atoms with Crippen molar-refractivity contribution < 1.29 is 18.7 Å². The molecule has 1 N–H and O–H groups in total. The van der Waals surface area contributed by atoms with E-state index in [-0.39, 0.29) is 17.1 Å². The molecule has 0 radical (unpaired) electrons. The number of carbonyl (C=O) groups excluding carboxylic acids is 2. The first-order valence-electron chi connectivity index (χ1n) is 4.91. The molecule has 1 rings (SSSR count). The van der Waals surface area contributed by atoms with Crippen molar-refractivity contribution in [1.29, 1.82) is 0 Å². The Labute approximate surface area is 122 Å². The number of amides is 1. The molecular weight excluding hydrogens is 375 g/mol. The van der Waals surface area contributed by atoms with Crippen molar-refractivity contribution in [3.05, 3.63) is 34.6 Å². The van der Waals surface area contributed by atoms with Crippen LogP contribution in [0.25, 0.3) is 0 Å². The van der Waals surface area contributed by atoms with E-state index < -0.39 is 21.6 Å². The van der Waals surface area contributed by atoms with Gasteiger partial charge < -0.3 is 10.1 Å². The number of esters is 1. The van der Waals surface area contributed by atoms with Gasteiger partial charge in [0.25, 0.3) is 5.91 Å². The summed E-state index contributed by atoms with van der Waals surface area (Å²) >= 11 is 7.41. The molecule has 1 aromatic carbocycles. The lowest BCUT2D eigenvalue weighted by Crippen LogP contribution is -2.34. The fourth-order valence-corrected chi connectivity index (χ4v) is 1.80. The van der Waals surface area contributed by atoms with Gasteiger partial charge in [-0.2, -0.15) is 0 Å². The minimum atomic E-state index is -0.705. The Morgan fingerprint density at radius 2 is 2.22 bits per heavy atom. The highest BCUT2D eigenvalue weighted by atomic mass is 127. The van der Waals surface area contributed by atoms with E-state index in [9.17, 15) is 14.0 Å². The zero-order valence-corrected chi connectivity index (χ0v) is 12.3. The van der Waals surface area contributed by atoms with E-state index in [0.29, 0.717) is 0 Å². The van der Waals surface area contributed by atoms with Gasteiger partial charge in [-0.25, -0.2) is 4.39 Å². The van der Waals surface area contributed by atoms with Gasteiger partial charge in [0.1, 0.15) is 9.74 Å². The van der Waals surface area contributed by atoms with Gasteiger partial charge in [-0.15, -0.1) is 0 Å². The third-order valence-electron chi connectivity index (χ3n) is 2.07. The molecular formula is C11H10ClFINO3. The lowest BCUT2D eigenvalue weighted by Gasteiger charge is -2.09. The van der Waals surface area contributed by atoms with E-state index >= 15 is 0 Å². The van der Waals surface area contributed by atoms with Crippen LogP contribution in [0.4, 0.5) is 4.39 Å². The molecule has 0 spiro atoms. The molecule has 0 saturated heterocycles. The fourth-order valence-electron chi connectivity index (χ4n) is 1.16. The minimum absolute atomic E-state index is 0.0636. The molecule has 0 aliphatic rings. The first kappa shape index (κ1) is 15.2. The van der Waals surface area contributed by atoms with Gasteiger partial charge >= 0.3 is 5.97 Å². The molecule has 18 heavy (non-hydrogen) atoms. The summed E-state index contributed by atoms with van der Waals surface area (Å²) in [5.74, 6) is -1.76. The molecule has 0 saturated carbocycles. The molecule has 4 nitrogen and oxygen atoms in total. The Kier molecular flexibility index (Phi) is 5.80. The average molecular weight is 386 g/mol. The van der Waals surface area contributed by atoms with E-state index in [2.05, 4.69) is 10.1 Å². The maximum atomic E-state index is 13.4. The molecule has 1 unspecified atom stereocenters. The molecule has 7 heteroatoms. The van der Waals surface area contributed by atoms with Crippen LogP contribution in [0.15, 0.2) is 18.2 Å². The third kappa shape index (κ3) is 4.09. The Bertz CT molecular complexity index is 470. The van der Waals surface area contributed by atoms with Crippen LogP contribution in [0.5, 0.6) is 0 Å². The first-order valence-corrected chi connectivity index (χ1v) is 6.53. The lowest BCUT2D eigenvalue weighted by atomic mass is 10.2. The Morgan fingerprint density at radius 1 is 1.56 bits per heavy atom. The largest absolute Gasteiger partial charge is 0.468 e. The van der Waals surface area contributed by atoms with Gasteiger partial charge in [0, 0.05) is 11.6 Å². The second kappa shape index (κ2) is 6.89. The second-order valence-electron chi connectivity index (χ2n) is 3.32. The number of benzene rings is 1. The van der Waals surface area contributed by atoms with Crippen LogP contribution in [-0.2, 0) is 9.53 Å². The molecule has 0 heterocycles. The van der Waals surface area contributed by atoms with Gasteiger partial charge in [0.15, 0.2) is 0 Å². The van der Waals surface area contributed by atoms with Crippen molar-refractivity contribution in [2.45, 2.75) is 3.92 Å². The average Bonchev–Trinajstić information content (AvgIpc) is 2.34. The van der Waals surface area contributed by atoms with Crippen LogP contribution in [0.3, 0.4) is 0 Å². The lowest BCUT2D eigenvalue weighted by molar-refractivity contribution is -0.139. The predicted octanol–water partition coefficient (Wildman–Crippen LogP) is 2.19. The van der Waals surface area contributed by atoms with Crippen LogP contribution >= 0.6 is 34.2 Å². The Morgan fingerprint density at radius 3 is 2.78 bits per heavy atom. The smallest absolute Gasteiger partial charge is 0.320 e. The first-order chi connectivity index (χ1) is 8.45. The summed E-state index contributed by atoms with van der Waals surface area (Å²) in [7, 11) is 1.26. The van der Waals surface area contributed by atoms with Gasteiger partial charge in [0.2, 0.25) is 0 Å².